The van der Waals surface area contributed by atoms with Crippen molar-refractivity contribution in [3.05, 3.63) is 106 Å². The highest BCUT2D eigenvalue weighted by Crippen LogP contribution is 2.29. The Morgan fingerprint density at radius 3 is 1.91 bits per heavy atom. The zero-order valence-electron chi connectivity index (χ0n) is 18.5. The maximum Gasteiger partial charge on any atom is 0.269 e. The van der Waals surface area contributed by atoms with Crippen LogP contribution in [0.3, 0.4) is 0 Å². The molecule has 0 bridgehead atoms. The number of nitrogens with one attached hydrogen (secondary N) is 1. The van der Waals surface area contributed by atoms with Gasteiger partial charge in [-0.1, -0.05) is 60.7 Å². The van der Waals surface area contributed by atoms with Gasteiger partial charge in [0.2, 0.25) is 5.91 Å². The van der Waals surface area contributed by atoms with Gasteiger partial charge in [0.25, 0.3) is 5.69 Å². The van der Waals surface area contributed by atoms with Gasteiger partial charge in [-0.2, -0.15) is 0 Å². The standard InChI is InChI=1S/C26H28N4O3/c31-25(27-23-11-13-24(14-12-23)30(32)33)15-16-28-17-19-29(20-18-28)26(21-7-3-1-4-8-21)22-9-5-2-6-10-22/h1-14,26H,15-20H2,(H,27,31). The molecule has 7 nitrogen and oxygen atoms in total. The summed E-state index contributed by atoms with van der Waals surface area (Å²) < 4.78 is 0. The molecule has 4 rings (SSSR count). The second kappa shape index (κ2) is 10.8. The lowest BCUT2D eigenvalue weighted by atomic mass is 9.96. The summed E-state index contributed by atoms with van der Waals surface area (Å²) in [5, 5.41) is 13.6. The summed E-state index contributed by atoms with van der Waals surface area (Å²) in [6.07, 6.45) is 0.387. The largest absolute Gasteiger partial charge is 0.326 e. The molecule has 1 fully saturated rings. The smallest absolute Gasteiger partial charge is 0.269 e. The zero-order valence-corrected chi connectivity index (χ0v) is 18.5. The van der Waals surface area contributed by atoms with Crippen molar-refractivity contribution in [2.24, 2.45) is 0 Å². The number of nitro groups is 1. The quantitative estimate of drug-likeness (QED) is 0.413. The Labute approximate surface area is 193 Å². The van der Waals surface area contributed by atoms with Crippen LogP contribution in [0.25, 0.3) is 0 Å². The predicted octanol–water partition coefficient (Wildman–Crippen LogP) is 4.33. The van der Waals surface area contributed by atoms with Crippen LogP contribution < -0.4 is 5.32 Å². The Hall–Kier alpha value is -3.55. The second-order valence-electron chi connectivity index (χ2n) is 8.20. The van der Waals surface area contributed by atoms with Crippen LogP contribution in [0.4, 0.5) is 11.4 Å². The molecular weight excluding hydrogens is 416 g/mol. The number of anilines is 1. The lowest BCUT2D eigenvalue weighted by Crippen LogP contribution is -2.48. The van der Waals surface area contributed by atoms with Crippen LogP contribution >= 0.6 is 0 Å². The number of non-ortho nitro benzene ring substituents is 1. The van der Waals surface area contributed by atoms with E-state index in [1.807, 2.05) is 12.1 Å². The highest BCUT2D eigenvalue weighted by molar-refractivity contribution is 5.90. The van der Waals surface area contributed by atoms with Gasteiger partial charge in [-0.3, -0.25) is 19.8 Å². The molecule has 0 spiro atoms. The van der Waals surface area contributed by atoms with Crippen LogP contribution in [0.5, 0.6) is 0 Å². The average Bonchev–Trinajstić information content (AvgIpc) is 2.85. The lowest BCUT2D eigenvalue weighted by Gasteiger charge is -2.39. The number of nitrogens with zero attached hydrogens (tertiary/aromatic N) is 3. The molecule has 1 aliphatic heterocycles. The topological polar surface area (TPSA) is 78.7 Å². The number of benzene rings is 3. The number of hydrogen-bond acceptors (Lipinski definition) is 5. The number of carbonyl (C=O) groups is 1. The number of nitro benzene ring substituents is 1. The summed E-state index contributed by atoms with van der Waals surface area (Å²) in [7, 11) is 0. The Kier molecular flexibility index (Phi) is 7.44. The Balaban J connectivity index is 1.29. The third kappa shape index (κ3) is 6.03. The minimum atomic E-state index is -0.453. The third-order valence-corrected chi connectivity index (χ3v) is 6.02. The van der Waals surface area contributed by atoms with E-state index >= 15 is 0 Å². The molecule has 1 aliphatic rings. The SMILES string of the molecule is O=C(CCN1CCN(C(c2ccccc2)c2ccccc2)CC1)Nc1ccc([N+](=O)[O-])cc1. The van der Waals surface area contributed by atoms with Crippen molar-refractivity contribution in [1.82, 2.24) is 9.80 Å². The molecule has 1 saturated heterocycles. The van der Waals surface area contributed by atoms with Gasteiger partial charge in [0.1, 0.15) is 0 Å². The Bertz CT molecular complexity index is 1010. The molecule has 170 valence electrons. The number of carbonyl (C=O) groups excluding carboxylic acids is 1. The van der Waals surface area contributed by atoms with Crippen molar-refractivity contribution in [2.45, 2.75) is 12.5 Å². The van der Waals surface area contributed by atoms with Crippen molar-refractivity contribution in [2.75, 3.05) is 38.0 Å². The van der Waals surface area contributed by atoms with E-state index < -0.39 is 4.92 Å². The maximum atomic E-state index is 12.3. The molecule has 0 aromatic heterocycles. The van der Waals surface area contributed by atoms with E-state index in [1.165, 1.54) is 23.3 Å². The number of amides is 1. The summed E-state index contributed by atoms with van der Waals surface area (Å²) in [6, 6.07) is 27.3. The first-order chi connectivity index (χ1) is 16.1. The van der Waals surface area contributed by atoms with Crippen LogP contribution in [-0.2, 0) is 4.79 Å². The first kappa shape index (κ1) is 22.6. The van der Waals surface area contributed by atoms with Crippen LogP contribution in [-0.4, -0.2) is 53.4 Å². The highest BCUT2D eigenvalue weighted by atomic mass is 16.6. The van der Waals surface area contributed by atoms with Crippen LogP contribution in [0.15, 0.2) is 84.9 Å². The molecule has 7 heteroatoms. The molecule has 33 heavy (non-hydrogen) atoms. The van der Waals surface area contributed by atoms with Gasteiger partial charge in [-0.05, 0) is 23.3 Å². The average molecular weight is 445 g/mol. The van der Waals surface area contributed by atoms with E-state index in [-0.39, 0.29) is 17.6 Å². The first-order valence-corrected chi connectivity index (χ1v) is 11.2. The molecule has 0 atom stereocenters. The van der Waals surface area contributed by atoms with Gasteiger partial charge in [-0.25, -0.2) is 0 Å². The van der Waals surface area contributed by atoms with Crippen LogP contribution in [0.1, 0.15) is 23.6 Å². The number of rotatable bonds is 8. The summed E-state index contributed by atoms with van der Waals surface area (Å²) in [4.78, 5) is 27.5. The minimum absolute atomic E-state index is 0.00943. The van der Waals surface area contributed by atoms with Gasteiger partial charge >= 0.3 is 0 Å². The van der Waals surface area contributed by atoms with E-state index in [1.54, 1.807) is 12.1 Å². The molecule has 0 aliphatic carbocycles. The van der Waals surface area contributed by atoms with Gasteiger partial charge in [0.05, 0.1) is 11.0 Å². The van der Waals surface area contributed by atoms with Gasteiger partial charge in [-0.15, -0.1) is 0 Å². The molecule has 3 aromatic carbocycles. The van der Waals surface area contributed by atoms with Gasteiger partial charge in [0, 0.05) is 57.0 Å². The minimum Gasteiger partial charge on any atom is -0.326 e. The van der Waals surface area contributed by atoms with E-state index in [0.29, 0.717) is 18.7 Å². The van der Waals surface area contributed by atoms with Gasteiger partial charge in [0.15, 0.2) is 0 Å². The molecule has 0 radical (unpaired) electrons. The molecule has 0 unspecified atom stereocenters. The fourth-order valence-corrected chi connectivity index (χ4v) is 4.28. The lowest BCUT2D eigenvalue weighted by molar-refractivity contribution is -0.384. The predicted molar refractivity (Wildman–Crippen MR) is 129 cm³/mol. The monoisotopic (exact) mass is 444 g/mol. The first-order valence-electron chi connectivity index (χ1n) is 11.2. The third-order valence-electron chi connectivity index (χ3n) is 6.02. The molecular formula is C26H28N4O3. The Morgan fingerprint density at radius 1 is 0.848 bits per heavy atom. The molecule has 1 heterocycles. The maximum absolute atomic E-state index is 12.3. The summed E-state index contributed by atoms with van der Waals surface area (Å²) in [5.74, 6) is -0.0854. The van der Waals surface area contributed by atoms with E-state index in [4.69, 9.17) is 0 Å². The van der Waals surface area contributed by atoms with Crippen molar-refractivity contribution < 1.29 is 9.72 Å². The normalized spacial score (nSPS) is 14.8. The van der Waals surface area contributed by atoms with E-state index in [2.05, 4.69) is 63.6 Å². The second-order valence-corrected chi connectivity index (χ2v) is 8.20. The van der Waals surface area contributed by atoms with Crippen LogP contribution in [0, 0.1) is 10.1 Å². The fraction of sp³-hybridized carbons (Fsp3) is 0.269. The summed E-state index contributed by atoms with van der Waals surface area (Å²) in [5.41, 5.74) is 3.17. The summed E-state index contributed by atoms with van der Waals surface area (Å²) >= 11 is 0. The number of hydrogen-bond donors (Lipinski definition) is 1. The number of piperazine rings is 1. The molecule has 1 amide bonds. The summed E-state index contributed by atoms with van der Waals surface area (Å²) in [6.45, 7) is 4.35. The Morgan fingerprint density at radius 2 is 1.39 bits per heavy atom. The fourth-order valence-electron chi connectivity index (χ4n) is 4.28. The van der Waals surface area contributed by atoms with Gasteiger partial charge < -0.3 is 10.2 Å². The van der Waals surface area contributed by atoms with Crippen molar-refractivity contribution in [3.8, 4) is 0 Å². The molecule has 1 N–H and O–H groups in total. The van der Waals surface area contributed by atoms with Crippen molar-refractivity contribution >= 4 is 17.3 Å². The zero-order chi connectivity index (χ0) is 23.0. The van der Waals surface area contributed by atoms with Crippen LogP contribution in [0.2, 0.25) is 0 Å². The molecule has 0 saturated carbocycles. The molecule has 3 aromatic rings. The van der Waals surface area contributed by atoms with Crippen molar-refractivity contribution in [3.63, 3.8) is 0 Å². The highest BCUT2D eigenvalue weighted by Gasteiger charge is 2.26. The van der Waals surface area contributed by atoms with E-state index in [0.717, 1.165) is 26.2 Å². The van der Waals surface area contributed by atoms with E-state index in [9.17, 15) is 14.9 Å². The van der Waals surface area contributed by atoms with Crippen molar-refractivity contribution in [1.29, 1.82) is 0 Å².